The average Bonchev–Trinajstić information content (AvgIpc) is 2.72. The number of sulfonamides is 1. The van der Waals surface area contributed by atoms with Gasteiger partial charge in [-0.2, -0.15) is 0 Å². The maximum absolute atomic E-state index is 13.1. The van der Waals surface area contributed by atoms with E-state index in [0.717, 1.165) is 24.0 Å². The fraction of sp³-hybridized carbons (Fsp3) is 0.696. The summed E-state index contributed by atoms with van der Waals surface area (Å²) in [5.41, 5.74) is 0. The van der Waals surface area contributed by atoms with Gasteiger partial charge < -0.3 is 10.4 Å². The van der Waals surface area contributed by atoms with Gasteiger partial charge in [0.2, 0.25) is 15.9 Å². The van der Waals surface area contributed by atoms with Gasteiger partial charge in [0.05, 0.1) is 18.4 Å². The molecule has 0 spiro atoms. The van der Waals surface area contributed by atoms with E-state index >= 15 is 0 Å². The number of thioether (sulfide) groups is 1. The van der Waals surface area contributed by atoms with E-state index in [0.29, 0.717) is 30.6 Å². The van der Waals surface area contributed by atoms with Crippen LogP contribution in [0.25, 0.3) is 0 Å². The van der Waals surface area contributed by atoms with Crippen LogP contribution in [0.1, 0.15) is 52.9 Å². The molecule has 3 N–H and O–H groups in total. The number of nitrogens with one attached hydrogen (secondary N) is 2. The molecule has 9 heteroatoms. The molecule has 1 aromatic rings. The Bertz CT molecular complexity index is 835. The lowest BCUT2D eigenvalue weighted by Crippen LogP contribution is -2.53. The summed E-state index contributed by atoms with van der Waals surface area (Å²) in [5, 5.41) is 13.7. The number of benzene rings is 1. The first-order chi connectivity index (χ1) is 15.0. The molecule has 1 saturated carbocycles. The van der Waals surface area contributed by atoms with Crippen molar-refractivity contribution in [2.24, 2.45) is 17.8 Å². The Morgan fingerprint density at radius 1 is 1.25 bits per heavy atom. The quantitative estimate of drug-likeness (QED) is 0.414. The number of hydrogen-bond acceptors (Lipinski definition) is 5. The fourth-order valence-corrected chi connectivity index (χ4v) is 6.07. The van der Waals surface area contributed by atoms with E-state index in [4.69, 9.17) is 0 Å². The number of hydrogen-bond donors (Lipinski definition) is 3. The summed E-state index contributed by atoms with van der Waals surface area (Å²) >= 11 is 1.26. The highest BCUT2D eigenvalue weighted by Gasteiger charge is 2.31. The Balaban J connectivity index is 2.01. The predicted octanol–water partition coefficient (Wildman–Crippen LogP) is 3.55. The van der Waals surface area contributed by atoms with E-state index in [1.807, 2.05) is 6.92 Å². The second-order valence-electron chi connectivity index (χ2n) is 9.19. The van der Waals surface area contributed by atoms with Crippen LogP contribution in [0.15, 0.2) is 29.2 Å². The second kappa shape index (κ2) is 12.3. The van der Waals surface area contributed by atoms with Gasteiger partial charge in [0, 0.05) is 10.6 Å². The molecule has 0 saturated heterocycles. The lowest BCUT2D eigenvalue weighted by Gasteiger charge is -2.36. The summed E-state index contributed by atoms with van der Waals surface area (Å²) in [5.74, 6) is 0.915. The van der Waals surface area contributed by atoms with Crippen LogP contribution in [-0.2, 0) is 14.8 Å². The SMILES string of the molecule is CC[C@H](NC(=O)[C@@H](CSc1ccc(F)cc1)NS(C)(=O)=O)[C@H](O)CC1C[C@@H](C)CC[C@H]1C. The first kappa shape index (κ1) is 27.1. The van der Waals surface area contributed by atoms with E-state index in [1.54, 1.807) is 12.1 Å². The fourth-order valence-electron chi connectivity index (χ4n) is 4.34. The smallest absolute Gasteiger partial charge is 0.239 e. The van der Waals surface area contributed by atoms with Gasteiger partial charge in [-0.1, -0.05) is 33.6 Å². The molecule has 0 heterocycles. The Kier molecular flexibility index (Phi) is 10.4. The van der Waals surface area contributed by atoms with Gasteiger partial charge in [-0.25, -0.2) is 17.5 Å². The summed E-state index contributed by atoms with van der Waals surface area (Å²) in [6.45, 7) is 6.36. The molecule has 1 fully saturated rings. The van der Waals surface area contributed by atoms with Gasteiger partial charge in [-0.15, -0.1) is 11.8 Å². The highest BCUT2D eigenvalue weighted by atomic mass is 32.2. The molecule has 1 aliphatic carbocycles. The Morgan fingerprint density at radius 2 is 1.91 bits per heavy atom. The number of amides is 1. The maximum atomic E-state index is 13.1. The molecular weight excluding hydrogens is 451 g/mol. The van der Waals surface area contributed by atoms with Crippen molar-refractivity contribution < 1.29 is 22.7 Å². The lowest BCUT2D eigenvalue weighted by atomic mass is 9.73. The summed E-state index contributed by atoms with van der Waals surface area (Å²) < 4.78 is 39.1. The van der Waals surface area contributed by atoms with Crippen LogP contribution in [0.3, 0.4) is 0 Å². The number of aliphatic hydroxyl groups is 1. The highest BCUT2D eigenvalue weighted by Crippen LogP contribution is 2.36. The van der Waals surface area contributed by atoms with Gasteiger partial charge >= 0.3 is 0 Å². The minimum Gasteiger partial charge on any atom is -0.391 e. The molecule has 182 valence electrons. The molecule has 6 atom stereocenters. The van der Waals surface area contributed by atoms with Gasteiger partial charge in [0.15, 0.2) is 0 Å². The third kappa shape index (κ3) is 9.00. The number of halogens is 1. The van der Waals surface area contributed by atoms with Crippen LogP contribution in [-0.4, -0.2) is 49.6 Å². The minimum absolute atomic E-state index is 0.147. The van der Waals surface area contributed by atoms with Crippen molar-refractivity contribution in [2.45, 2.75) is 76.0 Å². The molecule has 1 aliphatic rings. The molecular formula is C23H37FN2O4S2. The third-order valence-corrected chi connectivity index (χ3v) is 8.12. The van der Waals surface area contributed by atoms with Crippen molar-refractivity contribution in [1.29, 1.82) is 0 Å². The van der Waals surface area contributed by atoms with Crippen LogP contribution >= 0.6 is 11.8 Å². The van der Waals surface area contributed by atoms with E-state index in [1.165, 1.54) is 30.3 Å². The van der Waals surface area contributed by atoms with E-state index < -0.39 is 34.1 Å². The van der Waals surface area contributed by atoms with Gasteiger partial charge in [-0.05, 0) is 61.3 Å². The first-order valence-corrected chi connectivity index (χ1v) is 14.2. The molecule has 1 unspecified atom stereocenters. The molecule has 0 radical (unpaired) electrons. The normalized spacial score (nSPS) is 24.5. The summed E-state index contributed by atoms with van der Waals surface area (Å²) in [6.07, 6.45) is 4.93. The number of rotatable bonds is 11. The van der Waals surface area contributed by atoms with Gasteiger partial charge in [-0.3, -0.25) is 4.79 Å². The van der Waals surface area contributed by atoms with Crippen LogP contribution < -0.4 is 10.0 Å². The van der Waals surface area contributed by atoms with Crippen molar-refractivity contribution in [3.8, 4) is 0 Å². The zero-order valence-electron chi connectivity index (χ0n) is 19.4. The lowest BCUT2D eigenvalue weighted by molar-refractivity contribution is -0.124. The Hall–Kier alpha value is -1.16. The average molecular weight is 489 g/mol. The number of aliphatic hydroxyl groups excluding tert-OH is 1. The zero-order chi connectivity index (χ0) is 23.9. The molecule has 0 aromatic heterocycles. The topological polar surface area (TPSA) is 95.5 Å². The largest absolute Gasteiger partial charge is 0.391 e. The molecule has 6 nitrogen and oxygen atoms in total. The van der Waals surface area contributed by atoms with E-state index in [2.05, 4.69) is 23.9 Å². The second-order valence-corrected chi connectivity index (χ2v) is 12.1. The summed E-state index contributed by atoms with van der Waals surface area (Å²) in [7, 11) is -3.63. The molecule has 1 amide bonds. The van der Waals surface area contributed by atoms with Crippen molar-refractivity contribution in [2.75, 3.05) is 12.0 Å². The van der Waals surface area contributed by atoms with Crippen LogP contribution in [0.2, 0.25) is 0 Å². The first-order valence-electron chi connectivity index (χ1n) is 11.3. The van der Waals surface area contributed by atoms with Crippen molar-refractivity contribution in [3.63, 3.8) is 0 Å². The summed E-state index contributed by atoms with van der Waals surface area (Å²) in [6, 6.07) is 4.35. The molecule has 0 aliphatic heterocycles. The number of carbonyl (C=O) groups is 1. The molecule has 0 bridgehead atoms. The van der Waals surface area contributed by atoms with Crippen LogP contribution in [0.5, 0.6) is 0 Å². The maximum Gasteiger partial charge on any atom is 0.239 e. The highest BCUT2D eigenvalue weighted by molar-refractivity contribution is 7.99. The van der Waals surface area contributed by atoms with Crippen LogP contribution in [0.4, 0.5) is 4.39 Å². The summed E-state index contributed by atoms with van der Waals surface area (Å²) in [4.78, 5) is 13.7. The van der Waals surface area contributed by atoms with E-state index in [9.17, 15) is 22.7 Å². The van der Waals surface area contributed by atoms with Crippen molar-refractivity contribution in [3.05, 3.63) is 30.1 Å². The monoisotopic (exact) mass is 488 g/mol. The van der Waals surface area contributed by atoms with Crippen LogP contribution in [0, 0.1) is 23.6 Å². The molecule has 32 heavy (non-hydrogen) atoms. The Morgan fingerprint density at radius 3 is 2.50 bits per heavy atom. The Labute approximate surface area is 196 Å². The minimum atomic E-state index is -3.63. The zero-order valence-corrected chi connectivity index (χ0v) is 21.0. The number of carbonyl (C=O) groups excluding carboxylic acids is 1. The standard InChI is InChI=1S/C23H37FN2O4S2/c1-5-20(22(27)13-17-12-15(2)6-7-16(17)3)25-23(28)21(26-32(4,29)30)14-31-19-10-8-18(24)9-11-19/h8-11,15-17,20-22,26-27H,5-7,12-14H2,1-4H3,(H,25,28)/t15-,16+,17?,20-,21+,22+/m0/s1. The van der Waals surface area contributed by atoms with Gasteiger partial charge in [0.25, 0.3) is 0 Å². The third-order valence-electron chi connectivity index (χ3n) is 6.30. The predicted molar refractivity (Wildman–Crippen MR) is 127 cm³/mol. The van der Waals surface area contributed by atoms with Crippen molar-refractivity contribution in [1.82, 2.24) is 10.0 Å². The molecule has 2 rings (SSSR count). The van der Waals surface area contributed by atoms with Crippen molar-refractivity contribution >= 4 is 27.7 Å². The van der Waals surface area contributed by atoms with Gasteiger partial charge in [0.1, 0.15) is 11.9 Å². The van der Waals surface area contributed by atoms with E-state index in [-0.39, 0.29) is 11.6 Å². The molecule has 1 aromatic carbocycles.